The highest BCUT2D eigenvalue weighted by molar-refractivity contribution is 9.10. The van der Waals surface area contributed by atoms with Gasteiger partial charge >= 0.3 is 0 Å². The molecule has 0 aliphatic rings. The third-order valence-electron chi connectivity index (χ3n) is 2.64. The van der Waals surface area contributed by atoms with Gasteiger partial charge in [-0.2, -0.15) is 0 Å². The molecular formula is C13H15BrN2O. The van der Waals surface area contributed by atoms with E-state index in [1.807, 2.05) is 36.0 Å². The number of hydrogen-bond donors (Lipinski definition) is 0. The molecule has 4 heteroatoms. The second kappa shape index (κ2) is 5.36. The number of nitrogens with zero attached hydrogens (tertiary/aromatic N) is 2. The highest BCUT2D eigenvalue weighted by atomic mass is 79.9. The van der Waals surface area contributed by atoms with E-state index >= 15 is 0 Å². The van der Waals surface area contributed by atoms with E-state index in [-0.39, 0.29) is 0 Å². The van der Waals surface area contributed by atoms with E-state index in [0.29, 0.717) is 6.61 Å². The summed E-state index contributed by atoms with van der Waals surface area (Å²) in [5, 5.41) is 0. The van der Waals surface area contributed by atoms with Gasteiger partial charge in [-0.25, -0.2) is 4.98 Å². The smallest absolute Gasteiger partial charge is 0.119 e. The van der Waals surface area contributed by atoms with Crippen molar-refractivity contribution in [1.29, 1.82) is 0 Å². The summed E-state index contributed by atoms with van der Waals surface area (Å²) in [7, 11) is 1.99. The van der Waals surface area contributed by atoms with Crippen LogP contribution in [0.25, 0.3) is 0 Å². The van der Waals surface area contributed by atoms with E-state index in [4.69, 9.17) is 4.74 Å². The van der Waals surface area contributed by atoms with Crippen molar-refractivity contribution in [3.8, 4) is 5.75 Å². The monoisotopic (exact) mass is 294 g/mol. The Morgan fingerprint density at radius 1 is 1.41 bits per heavy atom. The summed E-state index contributed by atoms with van der Waals surface area (Å²) in [4.78, 5) is 4.25. The maximum Gasteiger partial charge on any atom is 0.119 e. The summed E-state index contributed by atoms with van der Waals surface area (Å²) in [6.45, 7) is 2.70. The summed E-state index contributed by atoms with van der Waals surface area (Å²) in [6.07, 6.45) is 4.57. The topological polar surface area (TPSA) is 27.1 Å². The number of imidazole rings is 1. The minimum absolute atomic E-state index is 0.645. The lowest BCUT2D eigenvalue weighted by Gasteiger charge is -2.07. The van der Waals surface area contributed by atoms with Crippen molar-refractivity contribution >= 4 is 15.9 Å². The fourth-order valence-corrected chi connectivity index (χ4v) is 1.85. The van der Waals surface area contributed by atoms with Gasteiger partial charge in [0.05, 0.1) is 6.61 Å². The molecule has 0 unspecified atom stereocenters. The molecule has 3 nitrogen and oxygen atoms in total. The fourth-order valence-electron chi connectivity index (χ4n) is 1.60. The number of aromatic nitrogens is 2. The molecule has 1 aromatic carbocycles. The van der Waals surface area contributed by atoms with E-state index in [0.717, 1.165) is 22.5 Å². The van der Waals surface area contributed by atoms with Crippen LogP contribution in [0, 0.1) is 6.92 Å². The first kappa shape index (κ1) is 12.2. The number of benzene rings is 1. The lowest BCUT2D eigenvalue weighted by atomic mass is 10.2. The molecule has 17 heavy (non-hydrogen) atoms. The Hall–Kier alpha value is -1.29. The number of ether oxygens (including phenoxy) is 1. The van der Waals surface area contributed by atoms with Crippen LogP contribution >= 0.6 is 15.9 Å². The lowest BCUT2D eigenvalue weighted by Crippen LogP contribution is -2.06. The Morgan fingerprint density at radius 2 is 2.24 bits per heavy atom. The predicted molar refractivity (Wildman–Crippen MR) is 71.3 cm³/mol. The van der Waals surface area contributed by atoms with Crippen molar-refractivity contribution in [3.05, 3.63) is 46.5 Å². The molecule has 0 N–H and O–H groups in total. The molecule has 1 aromatic heterocycles. The van der Waals surface area contributed by atoms with Crippen molar-refractivity contribution in [2.45, 2.75) is 13.3 Å². The summed E-state index contributed by atoms with van der Waals surface area (Å²) < 4.78 is 8.81. The summed E-state index contributed by atoms with van der Waals surface area (Å²) in [5.41, 5.74) is 1.18. The quantitative estimate of drug-likeness (QED) is 0.866. The number of rotatable bonds is 4. The van der Waals surface area contributed by atoms with E-state index in [9.17, 15) is 0 Å². The molecule has 0 radical (unpaired) electrons. The highest BCUT2D eigenvalue weighted by Gasteiger charge is 2.01. The second-order valence-corrected chi connectivity index (χ2v) is 4.82. The largest absolute Gasteiger partial charge is 0.493 e. The molecule has 0 fully saturated rings. The molecule has 0 aliphatic carbocycles. The van der Waals surface area contributed by atoms with Gasteiger partial charge in [-0.1, -0.05) is 15.9 Å². The van der Waals surface area contributed by atoms with Gasteiger partial charge in [0.2, 0.25) is 0 Å². The van der Waals surface area contributed by atoms with E-state index in [1.165, 1.54) is 5.56 Å². The number of hydrogen-bond acceptors (Lipinski definition) is 2. The fraction of sp³-hybridized carbons (Fsp3) is 0.308. The van der Waals surface area contributed by atoms with Crippen LogP contribution in [0.1, 0.15) is 11.4 Å². The first-order valence-corrected chi connectivity index (χ1v) is 6.31. The van der Waals surface area contributed by atoms with Crippen LogP contribution in [0.15, 0.2) is 35.1 Å². The van der Waals surface area contributed by atoms with Crippen LogP contribution in [0.5, 0.6) is 5.75 Å². The molecule has 0 aliphatic heterocycles. The van der Waals surface area contributed by atoms with E-state index in [1.54, 1.807) is 6.20 Å². The first-order valence-electron chi connectivity index (χ1n) is 5.52. The molecular weight excluding hydrogens is 280 g/mol. The molecule has 2 rings (SSSR count). The minimum Gasteiger partial charge on any atom is -0.493 e. The van der Waals surface area contributed by atoms with Crippen LogP contribution in [-0.2, 0) is 13.5 Å². The normalized spacial score (nSPS) is 10.5. The van der Waals surface area contributed by atoms with Gasteiger partial charge in [0.25, 0.3) is 0 Å². The molecule has 0 atom stereocenters. The van der Waals surface area contributed by atoms with Gasteiger partial charge in [-0.3, -0.25) is 0 Å². The summed E-state index contributed by atoms with van der Waals surface area (Å²) in [6, 6.07) is 6.00. The van der Waals surface area contributed by atoms with Gasteiger partial charge < -0.3 is 9.30 Å². The molecule has 0 bridgehead atoms. The maximum atomic E-state index is 5.70. The van der Waals surface area contributed by atoms with Crippen molar-refractivity contribution in [2.75, 3.05) is 6.61 Å². The standard InChI is InChI=1S/C13H15BrN2O/c1-10-9-11(3-4-12(10)14)17-8-5-13-15-6-7-16(13)2/h3-4,6-7,9H,5,8H2,1-2H3. The van der Waals surface area contributed by atoms with Gasteiger partial charge in [0.15, 0.2) is 0 Å². The van der Waals surface area contributed by atoms with E-state index in [2.05, 4.69) is 27.8 Å². The summed E-state index contributed by atoms with van der Waals surface area (Å²) >= 11 is 3.47. The van der Waals surface area contributed by atoms with Gasteiger partial charge in [0.1, 0.15) is 11.6 Å². The maximum absolute atomic E-state index is 5.70. The molecule has 0 spiro atoms. The lowest BCUT2D eigenvalue weighted by molar-refractivity contribution is 0.317. The van der Waals surface area contributed by atoms with Crippen molar-refractivity contribution in [2.24, 2.45) is 7.05 Å². The summed E-state index contributed by atoms with van der Waals surface area (Å²) in [5.74, 6) is 1.94. The highest BCUT2D eigenvalue weighted by Crippen LogP contribution is 2.21. The Kier molecular flexibility index (Phi) is 3.84. The zero-order valence-corrected chi connectivity index (χ0v) is 11.6. The minimum atomic E-state index is 0.645. The number of halogens is 1. The molecule has 2 aromatic rings. The average molecular weight is 295 g/mol. The van der Waals surface area contributed by atoms with Gasteiger partial charge in [0, 0.05) is 30.3 Å². The Morgan fingerprint density at radius 3 is 2.88 bits per heavy atom. The zero-order chi connectivity index (χ0) is 12.3. The Balaban J connectivity index is 1.90. The molecule has 0 amide bonds. The van der Waals surface area contributed by atoms with Gasteiger partial charge in [-0.15, -0.1) is 0 Å². The third-order valence-corrected chi connectivity index (χ3v) is 3.53. The van der Waals surface area contributed by atoms with E-state index < -0.39 is 0 Å². The second-order valence-electron chi connectivity index (χ2n) is 3.96. The van der Waals surface area contributed by atoms with Crippen LogP contribution in [0.4, 0.5) is 0 Å². The Labute approximate surface area is 110 Å². The SMILES string of the molecule is Cc1cc(OCCc2nccn2C)ccc1Br. The van der Waals surface area contributed by atoms with Crippen LogP contribution in [-0.4, -0.2) is 16.2 Å². The van der Waals surface area contributed by atoms with Crippen LogP contribution in [0.3, 0.4) is 0 Å². The zero-order valence-electron chi connectivity index (χ0n) is 9.98. The molecule has 90 valence electrons. The molecule has 0 saturated carbocycles. The van der Waals surface area contributed by atoms with Crippen LogP contribution < -0.4 is 4.74 Å². The molecule has 0 saturated heterocycles. The number of aryl methyl sites for hydroxylation is 2. The van der Waals surface area contributed by atoms with Crippen molar-refractivity contribution in [1.82, 2.24) is 9.55 Å². The van der Waals surface area contributed by atoms with Crippen LogP contribution in [0.2, 0.25) is 0 Å². The third kappa shape index (κ3) is 3.09. The molecule has 1 heterocycles. The van der Waals surface area contributed by atoms with Crippen molar-refractivity contribution < 1.29 is 4.74 Å². The average Bonchev–Trinajstić information content (AvgIpc) is 2.70. The Bertz CT molecular complexity index is 508. The van der Waals surface area contributed by atoms with Crippen molar-refractivity contribution in [3.63, 3.8) is 0 Å². The predicted octanol–water partition coefficient (Wildman–Crippen LogP) is 3.11. The first-order chi connectivity index (χ1) is 8.16. The van der Waals surface area contributed by atoms with Gasteiger partial charge in [-0.05, 0) is 30.7 Å².